The van der Waals surface area contributed by atoms with Crippen LogP contribution in [0.25, 0.3) is 0 Å². The maximum Gasteiger partial charge on any atom is 0.313 e. The van der Waals surface area contributed by atoms with Crippen LogP contribution < -0.4 is 0 Å². The van der Waals surface area contributed by atoms with Crippen molar-refractivity contribution in [2.24, 2.45) is 0 Å². The Labute approximate surface area is 128 Å². The van der Waals surface area contributed by atoms with Crippen molar-refractivity contribution >= 4 is 17.7 Å². The van der Waals surface area contributed by atoms with Crippen LogP contribution >= 0.6 is 11.8 Å². The molecule has 1 aromatic carbocycles. The van der Waals surface area contributed by atoms with Gasteiger partial charge in [-0.3, -0.25) is 4.79 Å². The molecule has 0 aliphatic carbocycles. The summed E-state index contributed by atoms with van der Waals surface area (Å²) in [6, 6.07) is 6.37. The number of carbonyl (C=O) groups is 1. The highest BCUT2D eigenvalue weighted by Gasteiger charge is 2.13. The predicted molar refractivity (Wildman–Crippen MR) is 82.8 cm³/mol. The lowest BCUT2D eigenvalue weighted by Gasteiger charge is -2.08. The minimum absolute atomic E-state index is 0.00176. The summed E-state index contributed by atoms with van der Waals surface area (Å²) in [6.45, 7) is 6.93. The van der Waals surface area contributed by atoms with Crippen molar-refractivity contribution in [1.82, 2.24) is 14.8 Å². The molecule has 21 heavy (non-hydrogen) atoms. The zero-order chi connectivity index (χ0) is 15.4. The molecule has 0 radical (unpaired) electrons. The van der Waals surface area contributed by atoms with Gasteiger partial charge in [-0.05, 0) is 37.5 Å². The first-order valence-electron chi connectivity index (χ1n) is 6.84. The van der Waals surface area contributed by atoms with Gasteiger partial charge in [0, 0.05) is 13.0 Å². The molecule has 0 bridgehead atoms. The van der Waals surface area contributed by atoms with Crippen molar-refractivity contribution < 1.29 is 9.90 Å². The summed E-state index contributed by atoms with van der Waals surface area (Å²) in [6.07, 6.45) is 0.704. The zero-order valence-electron chi connectivity index (χ0n) is 12.5. The van der Waals surface area contributed by atoms with Gasteiger partial charge in [0.05, 0.1) is 5.75 Å². The van der Waals surface area contributed by atoms with Crippen LogP contribution in [0.2, 0.25) is 0 Å². The Morgan fingerprint density at radius 2 is 2.05 bits per heavy atom. The molecule has 2 rings (SSSR count). The summed E-state index contributed by atoms with van der Waals surface area (Å²) in [5, 5.41) is 17.7. The molecule has 0 saturated carbocycles. The Morgan fingerprint density at radius 3 is 2.67 bits per heavy atom. The van der Waals surface area contributed by atoms with Crippen molar-refractivity contribution in [3.05, 3.63) is 40.7 Å². The highest BCUT2D eigenvalue weighted by molar-refractivity contribution is 7.99. The number of benzene rings is 1. The molecule has 2 aromatic rings. The van der Waals surface area contributed by atoms with Crippen LogP contribution in [0.5, 0.6) is 0 Å². The summed E-state index contributed by atoms with van der Waals surface area (Å²) >= 11 is 1.21. The normalized spacial score (nSPS) is 10.8. The highest BCUT2D eigenvalue weighted by atomic mass is 32.2. The molecular weight excluding hydrogens is 286 g/mol. The quantitative estimate of drug-likeness (QED) is 0.831. The second-order valence-corrected chi connectivity index (χ2v) is 5.86. The van der Waals surface area contributed by atoms with Gasteiger partial charge in [-0.25, -0.2) is 0 Å². The van der Waals surface area contributed by atoms with Gasteiger partial charge in [-0.2, -0.15) is 0 Å². The second-order valence-electron chi connectivity index (χ2n) is 4.92. The van der Waals surface area contributed by atoms with E-state index in [-0.39, 0.29) is 5.75 Å². The average molecular weight is 305 g/mol. The van der Waals surface area contributed by atoms with Gasteiger partial charge >= 0.3 is 5.97 Å². The van der Waals surface area contributed by atoms with E-state index in [4.69, 9.17) is 5.11 Å². The minimum atomic E-state index is -0.846. The lowest BCUT2D eigenvalue weighted by atomic mass is 10.0. The Morgan fingerprint density at radius 1 is 1.29 bits per heavy atom. The third kappa shape index (κ3) is 3.85. The van der Waals surface area contributed by atoms with Crippen molar-refractivity contribution in [3.8, 4) is 0 Å². The SMILES string of the molecule is CCn1c(Cc2ccc(C)c(C)c2)nnc1SCC(=O)O. The van der Waals surface area contributed by atoms with Crippen molar-refractivity contribution in [2.75, 3.05) is 5.75 Å². The molecule has 1 aromatic heterocycles. The molecule has 0 spiro atoms. The van der Waals surface area contributed by atoms with Crippen LogP contribution in [-0.2, 0) is 17.8 Å². The monoisotopic (exact) mass is 305 g/mol. The van der Waals surface area contributed by atoms with Gasteiger partial charge < -0.3 is 9.67 Å². The summed E-state index contributed by atoms with van der Waals surface area (Å²) in [5.74, 6) is 0.0249. The molecule has 0 saturated heterocycles. The Balaban J connectivity index is 2.19. The smallest absolute Gasteiger partial charge is 0.313 e. The standard InChI is InChI=1S/C15H19N3O2S/c1-4-18-13(16-17-15(18)21-9-14(19)20)8-12-6-5-10(2)11(3)7-12/h5-7H,4,8-9H2,1-3H3,(H,19,20). The molecular formula is C15H19N3O2S. The molecule has 0 aliphatic heterocycles. The molecule has 0 aliphatic rings. The van der Waals surface area contributed by atoms with Crippen LogP contribution in [0.1, 0.15) is 29.4 Å². The summed E-state index contributed by atoms with van der Waals surface area (Å²) in [7, 11) is 0. The van der Waals surface area contributed by atoms with Gasteiger partial charge in [0.15, 0.2) is 5.16 Å². The van der Waals surface area contributed by atoms with E-state index >= 15 is 0 Å². The Kier molecular flexibility index (Phi) is 5.01. The van der Waals surface area contributed by atoms with Gasteiger partial charge in [0.25, 0.3) is 0 Å². The van der Waals surface area contributed by atoms with E-state index in [0.717, 1.165) is 12.4 Å². The zero-order valence-corrected chi connectivity index (χ0v) is 13.3. The van der Waals surface area contributed by atoms with Crippen LogP contribution in [0.3, 0.4) is 0 Å². The maximum atomic E-state index is 10.7. The number of carboxylic acid groups (broad SMARTS) is 1. The minimum Gasteiger partial charge on any atom is -0.481 e. The first kappa shape index (κ1) is 15.6. The number of hydrogen-bond acceptors (Lipinski definition) is 4. The lowest BCUT2D eigenvalue weighted by Crippen LogP contribution is -2.06. The number of rotatable bonds is 6. The molecule has 1 heterocycles. The number of thioether (sulfide) groups is 1. The van der Waals surface area contributed by atoms with Crippen LogP contribution in [0.15, 0.2) is 23.4 Å². The number of carboxylic acids is 1. The summed E-state index contributed by atoms with van der Waals surface area (Å²) in [5.41, 5.74) is 3.72. The predicted octanol–water partition coefficient (Wildman–Crippen LogP) is 2.68. The third-order valence-corrected chi connectivity index (χ3v) is 4.32. The largest absolute Gasteiger partial charge is 0.481 e. The molecule has 5 nitrogen and oxygen atoms in total. The first-order valence-corrected chi connectivity index (χ1v) is 7.82. The van der Waals surface area contributed by atoms with E-state index in [1.165, 1.54) is 28.5 Å². The average Bonchev–Trinajstić information content (AvgIpc) is 2.82. The second kappa shape index (κ2) is 6.76. The molecule has 0 unspecified atom stereocenters. The van der Waals surface area contributed by atoms with E-state index in [2.05, 4.69) is 42.2 Å². The van der Waals surface area contributed by atoms with Crippen LogP contribution in [0.4, 0.5) is 0 Å². The Bertz CT molecular complexity index is 652. The van der Waals surface area contributed by atoms with E-state index in [9.17, 15) is 4.79 Å². The first-order chi connectivity index (χ1) is 10.0. The lowest BCUT2D eigenvalue weighted by molar-refractivity contribution is -0.133. The summed E-state index contributed by atoms with van der Waals surface area (Å²) < 4.78 is 1.97. The number of aryl methyl sites for hydroxylation is 2. The third-order valence-electron chi connectivity index (χ3n) is 3.37. The van der Waals surface area contributed by atoms with Gasteiger partial charge in [-0.1, -0.05) is 30.0 Å². The van der Waals surface area contributed by atoms with E-state index < -0.39 is 5.97 Å². The van der Waals surface area contributed by atoms with Crippen molar-refractivity contribution in [1.29, 1.82) is 0 Å². The number of aromatic nitrogens is 3. The van der Waals surface area contributed by atoms with E-state index in [1.807, 2.05) is 11.5 Å². The fourth-order valence-corrected chi connectivity index (χ4v) is 2.84. The van der Waals surface area contributed by atoms with Gasteiger partial charge in [-0.15, -0.1) is 10.2 Å². The Hall–Kier alpha value is -1.82. The summed E-state index contributed by atoms with van der Waals surface area (Å²) in [4.78, 5) is 10.7. The highest BCUT2D eigenvalue weighted by Crippen LogP contribution is 2.19. The fraction of sp³-hybridized carbons (Fsp3) is 0.400. The van der Waals surface area contributed by atoms with E-state index in [1.54, 1.807) is 0 Å². The van der Waals surface area contributed by atoms with Gasteiger partial charge in [0.1, 0.15) is 5.82 Å². The van der Waals surface area contributed by atoms with Gasteiger partial charge in [0.2, 0.25) is 0 Å². The molecule has 0 amide bonds. The van der Waals surface area contributed by atoms with Crippen LogP contribution in [0, 0.1) is 13.8 Å². The van der Waals surface area contributed by atoms with Crippen LogP contribution in [-0.4, -0.2) is 31.6 Å². The molecule has 1 N–H and O–H groups in total. The van der Waals surface area contributed by atoms with Crippen molar-refractivity contribution in [3.63, 3.8) is 0 Å². The molecule has 6 heteroatoms. The van der Waals surface area contributed by atoms with Crippen molar-refractivity contribution in [2.45, 2.75) is 38.9 Å². The molecule has 0 atom stereocenters. The number of aliphatic carboxylic acids is 1. The fourth-order valence-electron chi connectivity index (χ4n) is 2.10. The molecule has 112 valence electrons. The van der Waals surface area contributed by atoms with E-state index in [0.29, 0.717) is 11.6 Å². The molecule has 0 fully saturated rings. The number of hydrogen-bond donors (Lipinski definition) is 1. The topological polar surface area (TPSA) is 68.0 Å². The number of nitrogens with zero attached hydrogens (tertiary/aromatic N) is 3. The maximum absolute atomic E-state index is 10.7.